The van der Waals surface area contributed by atoms with Gasteiger partial charge in [0.05, 0.1) is 18.5 Å². The number of nitrogens with zero attached hydrogens (tertiary/aromatic N) is 1. The molecule has 0 spiro atoms. The van der Waals surface area contributed by atoms with Crippen LogP contribution in [-0.4, -0.2) is 39.8 Å². The predicted octanol–water partition coefficient (Wildman–Crippen LogP) is 3.27. The molecule has 7 heteroatoms. The monoisotopic (exact) mass is 418 g/mol. The molecular formula is C22H30N2O4S. The van der Waals surface area contributed by atoms with Gasteiger partial charge in [-0.2, -0.15) is 0 Å². The Balaban J connectivity index is 2.06. The summed E-state index contributed by atoms with van der Waals surface area (Å²) in [5.74, 6) is 0.404. The van der Waals surface area contributed by atoms with E-state index in [1.807, 2.05) is 58.0 Å². The predicted molar refractivity (Wildman–Crippen MR) is 117 cm³/mol. The van der Waals surface area contributed by atoms with E-state index in [1.165, 1.54) is 4.31 Å². The molecule has 1 unspecified atom stereocenters. The highest BCUT2D eigenvalue weighted by atomic mass is 32.2. The topological polar surface area (TPSA) is 75.7 Å². The molecule has 1 amide bonds. The number of aryl methyl sites for hydroxylation is 4. The first kappa shape index (κ1) is 22.7. The van der Waals surface area contributed by atoms with Crippen molar-refractivity contribution in [3.05, 3.63) is 58.7 Å². The Hall–Kier alpha value is -2.54. The molecule has 29 heavy (non-hydrogen) atoms. The van der Waals surface area contributed by atoms with Gasteiger partial charge in [0, 0.05) is 0 Å². The maximum Gasteiger partial charge on any atom is 0.243 e. The summed E-state index contributed by atoms with van der Waals surface area (Å²) in [6.45, 7) is 9.83. The maximum absolute atomic E-state index is 12.7. The van der Waals surface area contributed by atoms with Crippen LogP contribution >= 0.6 is 0 Å². The van der Waals surface area contributed by atoms with Crippen LogP contribution in [0.5, 0.6) is 5.75 Å². The number of nitrogens with one attached hydrogen (secondary N) is 1. The molecular weight excluding hydrogens is 388 g/mol. The first-order valence-electron chi connectivity index (χ1n) is 9.55. The molecule has 0 saturated carbocycles. The lowest BCUT2D eigenvalue weighted by Crippen LogP contribution is -2.48. The third-order valence-electron chi connectivity index (χ3n) is 4.69. The molecule has 158 valence electrons. The van der Waals surface area contributed by atoms with Crippen molar-refractivity contribution in [3.8, 4) is 5.75 Å². The number of carbonyl (C=O) groups is 1. The molecule has 1 atom stereocenters. The Kier molecular flexibility index (Phi) is 7.30. The zero-order valence-electron chi connectivity index (χ0n) is 17.9. The van der Waals surface area contributed by atoms with Gasteiger partial charge in [0.1, 0.15) is 18.4 Å². The normalized spacial score (nSPS) is 12.3. The van der Waals surface area contributed by atoms with Crippen molar-refractivity contribution in [2.24, 2.45) is 0 Å². The molecule has 0 aliphatic rings. The van der Waals surface area contributed by atoms with Crippen molar-refractivity contribution in [1.29, 1.82) is 0 Å². The van der Waals surface area contributed by atoms with E-state index in [9.17, 15) is 13.2 Å². The summed E-state index contributed by atoms with van der Waals surface area (Å²) in [7, 11) is -3.64. The van der Waals surface area contributed by atoms with E-state index in [1.54, 1.807) is 13.0 Å². The second-order valence-electron chi connectivity index (χ2n) is 7.43. The SMILES string of the molecule is Cc1ccc(C)c(OCCNC(=O)C(C)N(c2cc(C)ccc2C)S(C)(=O)=O)c1. The van der Waals surface area contributed by atoms with Crippen LogP contribution in [0.15, 0.2) is 36.4 Å². The molecule has 1 N–H and O–H groups in total. The molecule has 0 aromatic heterocycles. The molecule has 2 aromatic carbocycles. The molecule has 0 fully saturated rings. The lowest BCUT2D eigenvalue weighted by atomic mass is 10.1. The van der Waals surface area contributed by atoms with Gasteiger partial charge in [0.25, 0.3) is 0 Å². The number of anilines is 1. The average Bonchev–Trinajstić information content (AvgIpc) is 2.63. The third-order valence-corrected chi connectivity index (χ3v) is 5.92. The van der Waals surface area contributed by atoms with Gasteiger partial charge in [-0.1, -0.05) is 24.3 Å². The standard InChI is InChI=1S/C22H30N2O4S/c1-15-7-9-17(3)20(13-15)24(29(6,26)27)19(5)22(25)23-11-12-28-21-14-16(2)8-10-18(21)4/h7-10,13-14,19H,11-12H2,1-6H3,(H,23,25). The third kappa shape index (κ3) is 5.97. The summed E-state index contributed by atoms with van der Waals surface area (Å²) in [4.78, 5) is 12.7. The first-order chi connectivity index (χ1) is 13.5. The number of hydrogen-bond donors (Lipinski definition) is 1. The highest BCUT2D eigenvalue weighted by Gasteiger charge is 2.30. The Labute approximate surface area is 173 Å². The second-order valence-corrected chi connectivity index (χ2v) is 9.29. The molecule has 0 radical (unpaired) electrons. The summed E-state index contributed by atoms with van der Waals surface area (Å²) in [5.41, 5.74) is 4.35. The Morgan fingerprint density at radius 2 is 1.62 bits per heavy atom. The minimum Gasteiger partial charge on any atom is -0.491 e. The Morgan fingerprint density at radius 1 is 1.03 bits per heavy atom. The molecule has 0 heterocycles. The van der Waals surface area contributed by atoms with Gasteiger partial charge in [-0.3, -0.25) is 9.10 Å². The van der Waals surface area contributed by atoms with E-state index >= 15 is 0 Å². The fourth-order valence-corrected chi connectivity index (χ4v) is 4.31. The largest absolute Gasteiger partial charge is 0.491 e. The zero-order chi connectivity index (χ0) is 21.8. The van der Waals surface area contributed by atoms with Crippen molar-refractivity contribution in [2.45, 2.75) is 40.7 Å². The second kappa shape index (κ2) is 9.31. The Bertz CT molecular complexity index is 986. The minimum atomic E-state index is -3.64. The van der Waals surface area contributed by atoms with Crippen LogP contribution in [0.3, 0.4) is 0 Å². The number of benzene rings is 2. The van der Waals surface area contributed by atoms with Crippen LogP contribution in [0.2, 0.25) is 0 Å². The zero-order valence-corrected chi connectivity index (χ0v) is 18.8. The van der Waals surface area contributed by atoms with Gasteiger partial charge in [-0.25, -0.2) is 8.42 Å². The quantitative estimate of drug-likeness (QED) is 0.668. The van der Waals surface area contributed by atoms with E-state index < -0.39 is 16.1 Å². The molecule has 0 aliphatic carbocycles. The first-order valence-corrected chi connectivity index (χ1v) is 11.4. The van der Waals surface area contributed by atoms with Crippen molar-refractivity contribution in [3.63, 3.8) is 0 Å². The lowest BCUT2D eigenvalue weighted by molar-refractivity contribution is -0.121. The van der Waals surface area contributed by atoms with E-state index in [2.05, 4.69) is 5.32 Å². The van der Waals surface area contributed by atoms with Crippen LogP contribution in [0.1, 0.15) is 29.2 Å². The van der Waals surface area contributed by atoms with Gasteiger partial charge in [0.15, 0.2) is 0 Å². The van der Waals surface area contributed by atoms with Gasteiger partial charge in [-0.15, -0.1) is 0 Å². The molecule has 0 saturated heterocycles. The molecule has 0 bridgehead atoms. The van der Waals surface area contributed by atoms with Crippen molar-refractivity contribution in [1.82, 2.24) is 5.32 Å². The lowest BCUT2D eigenvalue weighted by Gasteiger charge is -2.29. The van der Waals surface area contributed by atoms with Crippen LogP contribution in [0.25, 0.3) is 0 Å². The number of rotatable bonds is 8. The van der Waals surface area contributed by atoms with E-state index in [-0.39, 0.29) is 12.5 Å². The van der Waals surface area contributed by atoms with E-state index in [0.717, 1.165) is 34.3 Å². The van der Waals surface area contributed by atoms with Crippen molar-refractivity contribution < 1.29 is 17.9 Å². The highest BCUT2D eigenvalue weighted by Crippen LogP contribution is 2.26. The number of ether oxygens (including phenoxy) is 1. The maximum atomic E-state index is 12.7. The van der Waals surface area contributed by atoms with Gasteiger partial charge < -0.3 is 10.1 Å². The average molecular weight is 419 g/mol. The fourth-order valence-electron chi connectivity index (χ4n) is 3.08. The highest BCUT2D eigenvalue weighted by molar-refractivity contribution is 7.92. The summed E-state index contributed by atoms with van der Waals surface area (Å²) in [5, 5.41) is 2.77. The number of amides is 1. The van der Waals surface area contributed by atoms with Crippen molar-refractivity contribution in [2.75, 3.05) is 23.7 Å². The number of carbonyl (C=O) groups excluding carboxylic acids is 1. The molecule has 0 aliphatic heterocycles. The molecule has 2 aromatic rings. The Morgan fingerprint density at radius 3 is 2.24 bits per heavy atom. The summed E-state index contributed by atoms with van der Waals surface area (Å²) in [6.07, 6.45) is 1.11. The summed E-state index contributed by atoms with van der Waals surface area (Å²) in [6, 6.07) is 10.6. The van der Waals surface area contributed by atoms with Crippen molar-refractivity contribution >= 4 is 21.6 Å². The molecule has 2 rings (SSSR count). The van der Waals surface area contributed by atoms with Gasteiger partial charge in [0.2, 0.25) is 15.9 Å². The summed E-state index contributed by atoms with van der Waals surface area (Å²) < 4.78 is 31.8. The van der Waals surface area contributed by atoms with Crippen LogP contribution < -0.4 is 14.4 Å². The molecule has 6 nitrogen and oxygen atoms in total. The minimum absolute atomic E-state index is 0.279. The van der Waals surface area contributed by atoms with E-state index in [4.69, 9.17) is 4.74 Å². The van der Waals surface area contributed by atoms with Crippen LogP contribution in [-0.2, 0) is 14.8 Å². The van der Waals surface area contributed by atoms with Crippen LogP contribution in [0, 0.1) is 27.7 Å². The number of sulfonamides is 1. The van der Waals surface area contributed by atoms with Gasteiger partial charge in [-0.05, 0) is 69.0 Å². The van der Waals surface area contributed by atoms with Crippen LogP contribution in [0.4, 0.5) is 5.69 Å². The summed E-state index contributed by atoms with van der Waals surface area (Å²) >= 11 is 0. The van der Waals surface area contributed by atoms with E-state index in [0.29, 0.717) is 12.3 Å². The smallest absolute Gasteiger partial charge is 0.243 e. The number of hydrogen-bond acceptors (Lipinski definition) is 4. The fraction of sp³-hybridized carbons (Fsp3) is 0.409. The van der Waals surface area contributed by atoms with Gasteiger partial charge >= 0.3 is 0 Å².